The second-order valence-corrected chi connectivity index (χ2v) is 11.2. The van der Waals surface area contributed by atoms with Crippen molar-refractivity contribution in [3.8, 4) is 50.7 Å². The monoisotopic (exact) mass is 582 g/mol. The molecule has 41 heavy (non-hydrogen) atoms. The lowest BCUT2D eigenvalue weighted by Crippen LogP contribution is -2.18. The average molecular weight is 583 g/mol. The quantitative estimate of drug-likeness (QED) is 0.235. The number of alkyl halides is 3. The van der Waals surface area contributed by atoms with Crippen molar-refractivity contribution >= 4 is 10.0 Å². The molecule has 5 aromatic rings. The lowest BCUT2D eigenvalue weighted by Gasteiger charge is -2.13. The molecule has 0 aliphatic heterocycles. The maximum Gasteiger partial charge on any atom is 0.573 e. The molecule has 0 spiro atoms. The first kappa shape index (κ1) is 28.1. The molecule has 0 unspecified atom stereocenters. The molecule has 0 radical (unpaired) electrons. The number of aromatic nitrogens is 3. The van der Waals surface area contributed by atoms with Crippen molar-refractivity contribution in [1.29, 1.82) is 0 Å². The van der Waals surface area contributed by atoms with Crippen LogP contribution >= 0.6 is 0 Å². The molecule has 3 aromatic carbocycles. The number of hydrogen-bond donors (Lipinski definition) is 1. The van der Waals surface area contributed by atoms with Gasteiger partial charge in [0.25, 0.3) is 0 Å². The predicted octanol–water partition coefficient (Wildman–Crippen LogP) is 6.50. The highest BCUT2D eigenvalue weighted by molar-refractivity contribution is 7.89. The molecule has 0 aliphatic carbocycles. The fraction of sp³-hybridized carbons (Fsp3) is 0.172. The lowest BCUT2D eigenvalue weighted by molar-refractivity contribution is -0.274. The first-order valence-electron chi connectivity index (χ1n) is 12.4. The highest BCUT2D eigenvalue weighted by Gasteiger charge is 2.31. The van der Waals surface area contributed by atoms with Gasteiger partial charge in [0.15, 0.2) is 11.7 Å². The first-order chi connectivity index (χ1) is 19.3. The van der Waals surface area contributed by atoms with Crippen molar-refractivity contribution in [2.45, 2.75) is 25.1 Å². The number of rotatable bonds is 7. The summed E-state index contributed by atoms with van der Waals surface area (Å²) in [4.78, 5) is 4.66. The second-order valence-electron chi connectivity index (χ2n) is 9.27. The Kier molecular flexibility index (Phi) is 7.22. The standard InChI is InChI=1S/C29H25F3N4O4S/c1-17-14-26(36(4)35-17)24-13-10-21(20-6-5-7-23(15-20)41(37,38)33-3)16-25(24)28-27(34-18(2)39-28)19-8-11-22(12-9-19)40-29(30,31)32/h5-16,33H,1-4H3. The van der Waals surface area contributed by atoms with Gasteiger partial charge in [0.2, 0.25) is 10.0 Å². The summed E-state index contributed by atoms with van der Waals surface area (Å²) < 4.78 is 77.1. The molecular weight excluding hydrogens is 557 g/mol. The summed E-state index contributed by atoms with van der Waals surface area (Å²) in [5.74, 6) is 0.388. The number of sulfonamides is 1. The van der Waals surface area contributed by atoms with E-state index in [-0.39, 0.29) is 10.6 Å². The molecule has 212 valence electrons. The van der Waals surface area contributed by atoms with Gasteiger partial charge in [0.05, 0.1) is 16.3 Å². The van der Waals surface area contributed by atoms with E-state index in [1.807, 2.05) is 38.2 Å². The van der Waals surface area contributed by atoms with Crippen LogP contribution in [0.4, 0.5) is 13.2 Å². The van der Waals surface area contributed by atoms with Crippen LogP contribution in [-0.2, 0) is 17.1 Å². The number of halogens is 3. The Balaban J connectivity index is 1.69. The number of oxazole rings is 1. The molecule has 2 aromatic heterocycles. The fourth-order valence-corrected chi connectivity index (χ4v) is 5.35. The van der Waals surface area contributed by atoms with E-state index in [0.29, 0.717) is 39.6 Å². The van der Waals surface area contributed by atoms with Crippen molar-refractivity contribution in [3.05, 3.63) is 84.4 Å². The van der Waals surface area contributed by atoms with E-state index < -0.39 is 16.4 Å². The Labute approximate surface area is 234 Å². The van der Waals surface area contributed by atoms with Gasteiger partial charge in [-0.2, -0.15) is 5.10 Å². The van der Waals surface area contributed by atoms with Gasteiger partial charge in [0, 0.05) is 30.7 Å². The van der Waals surface area contributed by atoms with Gasteiger partial charge < -0.3 is 9.15 Å². The van der Waals surface area contributed by atoms with Gasteiger partial charge >= 0.3 is 6.36 Å². The number of aryl methyl sites for hydroxylation is 3. The van der Waals surface area contributed by atoms with Crippen LogP contribution in [0.25, 0.3) is 45.0 Å². The fourth-order valence-electron chi connectivity index (χ4n) is 4.58. The van der Waals surface area contributed by atoms with Gasteiger partial charge in [0.1, 0.15) is 11.4 Å². The largest absolute Gasteiger partial charge is 0.573 e. The third kappa shape index (κ3) is 5.88. The third-order valence-corrected chi connectivity index (χ3v) is 7.80. The van der Waals surface area contributed by atoms with Crippen molar-refractivity contribution < 1.29 is 30.7 Å². The topological polar surface area (TPSA) is 99.2 Å². The zero-order chi connectivity index (χ0) is 29.5. The zero-order valence-corrected chi connectivity index (χ0v) is 23.3. The van der Waals surface area contributed by atoms with E-state index in [1.54, 1.807) is 29.8 Å². The van der Waals surface area contributed by atoms with Gasteiger partial charge in [-0.15, -0.1) is 13.2 Å². The molecule has 0 saturated heterocycles. The lowest BCUT2D eigenvalue weighted by atomic mass is 9.94. The van der Waals surface area contributed by atoms with Crippen LogP contribution in [-0.4, -0.2) is 36.6 Å². The van der Waals surface area contributed by atoms with Crippen molar-refractivity contribution in [2.75, 3.05) is 7.05 Å². The highest BCUT2D eigenvalue weighted by atomic mass is 32.2. The number of ether oxygens (including phenoxy) is 1. The average Bonchev–Trinajstić information content (AvgIpc) is 3.48. The van der Waals surface area contributed by atoms with Crippen LogP contribution in [0.15, 0.2) is 82.1 Å². The summed E-state index contributed by atoms with van der Waals surface area (Å²) in [7, 11) is -0.505. The van der Waals surface area contributed by atoms with E-state index >= 15 is 0 Å². The molecule has 0 fully saturated rings. The van der Waals surface area contributed by atoms with Crippen molar-refractivity contribution in [2.24, 2.45) is 7.05 Å². The van der Waals surface area contributed by atoms with E-state index in [1.165, 1.54) is 37.4 Å². The molecule has 1 N–H and O–H groups in total. The summed E-state index contributed by atoms with van der Waals surface area (Å²) in [6, 6.07) is 19.5. The normalized spacial score (nSPS) is 12.1. The van der Waals surface area contributed by atoms with Crippen molar-refractivity contribution in [3.63, 3.8) is 0 Å². The molecule has 12 heteroatoms. The molecule has 2 heterocycles. The zero-order valence-electron chi connectivity index (χ0n) is 22.4. The Morgan fingerprint density at radius 2 is 1.59 bits per heavy atom. The Hall–Kier alpha value is -4.42. The maximum atomic E-state index is 12.7. The number of nitrogens with zero attached hydrogens (tertiary/aromatic N) is 3. The van der Waals surface area contributed by atoms with Crippen LogP contribution in [0, 0.1) is 13.8 Å². The minimum Gasteiger partial charge on any atom is -0.440 e. The van der Waals surface area contributed by atoms with Crippen LogP contribution in [0.2, 0.25) is 0 Å². The van der Waals surface area contributed by atoms with Crippen LogP contribution in [0.3, 0.4) is 0 Å². The molecular formula is C29H25F3N4O4S. The summed E-state index contributed by atoms with van der Waals surface area (Å²) in [6.07, 6.45) is -4.81. The maximum absolute atomic E-state index is 12.7. The Bertz CT molecular complexity index is 1840. The van der Waals surface area contributed by atoms with E-state index in [2.05, 4.69) is 19.5 Å². The SMILES string of the molecule is CNS(=O)(=O)c1cccc(-c2ccc(-c3cc(C)nn3C)c(-c3oc(C)nc3-c3ccc(OC(F)(F)F)cc3)c2)c1. The third-order valence-electron chi connectivity index (χ3n) is 6.38. The Morgan fingerprint density at radius 3 is 2.22 bits per heavy atom. The molecule has 0 bridgehead atoms. The molecule has 0 amide bonds. The van der Waals surface area contributed by atoms with Crippen LogP contribution < -0.4 is 9.46 Å². The highest BCUT2D eigenvalue weighted by Crippen LogP contribution is 2.41. The first-order valence-corrected chi connectivity index (χ1v) is 13.9. The molecule has 0 saturated carbocycles. The van der Waals surface area contributed by atoms with E-state index in [0.717, 1.165) is 17.0 Å². The molecule has 0 aliphatic rings. The molecule has 0 atom stereocenters. The van der Waals surface area contributed by atoms with E-state index in [9.17, 15) is 21.6 Å². The number of nitrogens with one attached hydrogen (secondary N) is 1. The van der Waals surface area contributed by atoms with Crippen molar-refractivity contribution in [1.82, 2.24) is 19.5 Å². The summed E-state index contributed by atoms with van der Waals surface area (Å²) in [5.41, 5.74) is 5.31. The van der Waals surface area contributed by atoms with Gasteiger partial charge in [-0.1, -0.05) is 24.3 Å². The molecule has 5 rings (SSSR count). The predicted molar refractivity (Wildman–Crippen MR) is 147 cm³/mol. The minimum atomic E-state index is -4.81. The summed E-state index contributed by atoms with van der Waals surface area (Å²) in [5, 5.41) is 4.47. The van der Waals surface area contributed by atoms with Crippen LogP contribution in [0.5, 0.6) is 5.75 Å². The smallest absolute Gasteiger partial charge is 0.440 e. The Morgan fingerprint density at radius 1 is 0.902 bits per heavy atom. The summed E-state index contributed by atoms with van der Waals surface area (Å²) >= 11 is 0. The van der Waals surface area contributed by atoms with Crippen LogP contribution in [0.1, 0.15) is 11.6 Å². The number of hydrogen-bond acceptors (Lipinski definition) is 6. The molecule has 8 nitrogen and oxygen atoms in total. The minimum absolute atomic E-state index is 0.114. The summed E-state index contributed by atoms with van der Waals surface area (Å²) in [6.45, 7) is 3.55. The van der Waals surface area contributed by atoms with Gasteiger partial charge in [-0.3, -0.25) is 4.68 Å². The second kappa shape index (κ2) is 10.5. The van der Waals surface area contributed by atoms with Gasteiger partial charge in [-0.25, -0.2) is 18.1 Å². The van der Waals surface area contributed by atoms with E-state index in [4.69, 9.17) is 4.42 Å². The van der Waals surface area contributed by atoms with Gasteiger partial charge in [-0.05, 0) is 73.6 Å². The number of benzene rings is 3.